The van der Waals surface area contributed by atoms with E-state index in [4.69, 9.17) is 5.21 Å². The molecule has 1 aromatic rings. The SMILES string of the molecule is CCNc1ccc(NO)cc1. The first kappa shape index (κ1) is 7.88. The minimum absolute atomic E-state index is 0.701. The molecule has 11 heavy (non-hydrogen) atoms. The molecule has 0 aliphatic rings. The molecular weight excluding hydrogens is 140 g/mol. The average molecular weight is 152 g/mol. The van der Waals surface area contributed by atoms with Gasteiger partial charge in [0.25, 0.3) is 0 Å². The highest BCUT2D eigenvalue weighted by atomic mass is 16.5. The molecule has 0 fully saturated rings. The van der Waals surface area contributed by atoms with Crippen molar-refractivity contribution < 1.29 is 5.21 Å². The molecule has 0 amide bonds. The lowest BCUT2D eigenvalue weighted by atomic mass is 10.3. The fourth-order valence-corrected chi connectivity index (χ4v) is 0.867. The maximum absolute atomic E-state index is 8.49. The smallest absolute Gasteiger partial charge is 0.0603 e. The van der Waals surface area contributed by atoms with Crippen molar-refractivity contribution in [3.8, 4) is 0 Å². The zero-order valence-electron chi connectivity index (χ0n) is 6.46. The van der Waals surface area contributed by atoms with E-state index in [-0.39, 0.29) is 0 Å². The van der Waals surface area contributed by atoms with Gasteiger partial charge in [0.05, 0.1) is 5.69 Å². The van der Waals surface area contributed by atoms with Crippen molar-refractivity contribution in [1.82, 2.24) is 0 Å². The number of hydrogen-bond donors (Lipinski definition) is 3. The van der Waals surface area contributed by atoms with E-state index in [1.807, 2.05) is 19.1 Å². The molecular formula is C8H12N2O. The maximum Gasteiger partial charge on any atom is 0.0603 e. The Morgan fingerprint density at radius 3 is 2.18 bits per heavy atom. The number of anilines is 2. The van der Waals surface area contributed by atoms with Gasteiger partial charge in [-0.2, -0.15) is 0 Å². The first-order valence-corrected chi connectivity index (χ1v) is 3.61. The predicted octanol–water partition coefficient (Wildman–Crippen LogP) is 1.92. The summed E-state index contributed by atoms with van der Waals surface area (Å²) in [5.41, 5.74) is 3.83. The topological polar surface area (TPSA) is 44.3 Å². The molecule has 0 spiro atoms. The van der Waals surface area contributed by atoms with Gasteiger partial charge in [0, 0.05) is 12.2 Å². The Labute approximate surface area is 66.0 Å². The van der Waals surface area contributed by atoms with Crippen molar-refractivity contribution in [2.75, 3.05) is 17.3 Å². The molecule has 3 N–H and O–H groups in total. The molecule has 0 bridgehead atoms. The molecule has 0 aromatic heterocycles. The van der Waals surface area contributed by atoms with Gasteiger partial charge >= 0.3 is 0 Å². The number of nitrogens with one attached hydrogen (secondary N) is 2. The van der Waals surface area contributed by atoms with E-state index < -0.39 is 0 Å². The number of rotatable bonds is 3. The van der Waals surface area contributed by atoms with Crippen molar-refractivity contribution in [1.29, 1.82) is 0 Å². The van der Waals surface area contributed by atoms with E-state index >= 15 is 0 Å². The van der Waals surface area contributed by atoms with Crippen LogP contribution in [0.1, 0.15) is 6.92 Å². The molecule has 0 heterocycles. The van der Waals surface area contributed by atoms with Crippen LogP contribution in [-0.4, -0.2) is 11.8 Å². The summed E-state index contributed by atoms with van der Waals surface area (Å²) in [4.78, 5) is 0. The molecule has 1 aromatic carbocycles. The van der Waals surface area contributed by atoms with Crippen molar-refractivity contribution in [2.45, 2.75) is 6.92 Å². The third-order valence-corrected chi connectivity index (χ3v) is 1.39. The first-order chi connectivity index (χ1) is 5.36. The first-order valence-electron chi connectivity index (χ1n) is 3.61. The van der Waals surface area contributed by atoms with Gasteiger partial charge in [-0.3, -0.25) is 10.7 Å². The standard InChI is InChI=1S/C8H12N2O/c1-2-9-7-3-5-8(10-11)6-4-7/h3-6,9-11H,2H2,1H3. The zero-order chi connectivity index (χ0) is 8.10. The Kier molecular flexibility index (Phi) is 2.74. The van der Waals surface area contributed by atoms with Gasteiger partial charge in [0.2, 0.25) is 0 Å². The van der Waals surface area contributed by atoms with Crippen LogP contribution in [0.2, 0.25) is 0 Å². The van der Waals surface area contributed by atoms with Gasteiger partial charge in [-0.05, 0) is 31.2 Å². The van der Waals surface area contributed by atoms with Crippen LogP contribution in [-0.2, 0) is 0 Å². The van der Waals surface area contributed by atoms with E-state index in [1.54, 1.807) is 12.1 Å². The fourth-order valence-electron chi connectivity index (χ4n) is 0.867. The number of benzene rings is 1. The Morgan fingerprint density at radius 2 is 1.73 bits per heavy atom. The van der Waals surface area contributed by atoms with Crippen LogP contribution in [0, 0.1) is 0 Å². The molecule has 60 valence electrons. The molecule has 3 heteroatoms. The van der Waals surface area contributed by atoms with Crippen LogP contribution < -0.4 is 10.8 Å². The molecule has 0 atom stereocenters. The van der Waals surface area contributed by atoms with Gasteiger partial charge < -0.3 is 5.32 Å². The van der Waals surface area contributed by atoms with Gasteiger partial charge in [0.15, 0.2) is 0 Å². The Hall–Kier alpha value is -1.22. The molecule has 0 aliphatic heterocycles. The van der Waals surface area contributed by atoms with Crippen molar-refractivity contribution >= 4 is 11.4 Å². The molecule has 3 nitrogen and oxygen atoms in total. The third kappa shape index (κ3) is 2.13. The predicted molar refractivity (Wildman–Crippen MR) is 46.0 cm³/mol. The quantitative estimate of drug-likeness (QED) is 0.580. The maximum atomic E-state index is 8.49. The van der Waals surface area contributed by atoms with E-state index in [9.17, 15) is 0 Å². The molecule has 1 rings (SSSR count). The second kappa shape index (κ2) is 3.83. The summed E-state index contributed by atoms with van der Waals surface area (Å²) in [5.74, 6) is 0. The summed E-state index contributed by atoms with van der Waals surface area (Å²) in [7, 11) is 0. The lowest BCUT2D eigenvalue weighted by molar-refractivity contribution is 0.389. The van der Waals surface area contributed by atoms with Crippen LogP contribution in [0.15, 0.2) is 24.3 Å². The molecule has 0 saturated carbocycles. The van der Waals surface area contributed by atoms with Crippen molar-refractivity contribution in [3.63, 3.8) is 0 Å². The molecule has 0 saturated heterocycles. The highest BCUT2D eigenvalue weighted by Crippen LogP contribution is 2.11. The summed E-state index contributed by atoms with van der Waals surface area (Å²) in [6, 6.07) is 7.42. The fraction of sp³-hybridized carbons (Fsp3) is 0.250. The lowest BCUT2D eigenvalue weighted by Gasteiger charge is -2.03. The molecule has 0 unspecified atom stereocenters. The van der Waals surface area contributed by atoms with Crippen molar-refractivity contribution in [2.24, 2.45) is 0 Å². The Morgan fingerprint density at radius 1 is 1.18 bits per heavy atom. The van der Waals surface area contributed by atoms with Crippen molar-refractivity contribution in [3.05, 3.63) is 24.3 Å². The number of hydrogen-bond acceptors (Lipinski definition) is 3. The van der Waals surface area contributed by atoms with Crippen LogP contribution in [0.5, 0.6) is 0 Å². The van der Waals surface area contributed by atoms with Gasteiger partial charge in [0.1, 0.15) is 0 Å². The van der Waals surface area contributed by atoms with Crippen LogP contribution in [0.4, 0.5) is 11.4 Å². The van der Waals surface area contributed by atoms with Crippen LogP contribution >= 0.6 is 0 Å². The molecule has 0 aliphatic carbocycles. The second-order valence-electron chi connectivity index (χ2n) is 2.22. The minimum Gasteiger partial charge on any atom is -0.385 e. The van der Waals surface area contributed by atoms with Gasteiger partial charge in [-0.25, -0.2) is 0 Å². The normalized spacial score (nSPS) is 9.27. The third-order valence-electron chi connectivity index (χ3n) is 1.39. The highest BCUT2D eigenvalue weighted by Gasteiger charge is 1.89. The zero-order valence-corrected chi connectivity index (χ0v) is 6.46. The lowest BCUT2D eigenvalue weighted by Crippen LogP contribution is -1.96. The molecule has 0 radical (unpaired) electrons. The van der Waals surface area contributed by atoms with Gasteiger partial charge in [-0.1, -0.05) is 0 Å². The largest absolute Gasteiger partial charge is 0.385 e. The average Bonchev–Trinajstić information content (AvgIpc) is 2.07. The van der Waals surface area contributed by atoms with Crippen LogP contribution in [0.25, 0.3) is 0 Å². The van der Waals surface area contributed by atoms with Gasteiger partial charge in [-0.15, -0.1) is 0 Å². The summed E-state index contributed by atoms with van der Waals surface area (Å²) >= 11 is 0. The van der Waals surface area contributed by atoms with E-state index in [0.29, 0.717) is 5.69 Å². The van der Waals surface area contributed by atoms with E-state index in [0.717, 1.165) is 12.2 Å². The Bertz CT molecular complexity index is 208. The summed E-state index contributed by atoms with van der Waals surface area (Å²) in [6.45, 7) is 2.95. The second-order valence-corrected chi connectivity index (χ2v) is 2.22. The summed E-state index contributed by atoms with van der Waals surface area (Å²) in [6.07, 6.45) is 0. The van der Waals surface area contributed by atoms with E-state index in [2.05, 4.69) is 10.8 Å². The summed E-state index contributed by atoms with van der Waals surface area (Å²) < 4.78 is 0. The van der Waals surface area contributed by atoms with E-state index in [1.165, 1.54) is 0 Å². The van der Waals surface area contributed by atoms with Crippen LogP contribution in [0.3, 0.4) is 0 Å². The minimum atomic E-state index is 0.701. The summed E-state index contributed by atoms with van der Waals surface area (Å²) in [5, 5.41) is 11.6. The highest BCUT2D eigenvalue weighted by molar-refractivity contribution is 5.52. The Balaban J connectivity index is 2.66. The monoisotopic (exact) mass is 152 g/mol.